The molecule has 1 spiro atoms. The zero-order valence-corrected chi connectivity index (χ0v) is 79.2. The molecule has 0 bridgehead atoms. The summed E-state index contributed by atoms with van der Waals surface area (Å²) in [5.74, 6) is 4.92. The van der Waals surface area contributed by atoms with Gasteiger partial charge in [-0.05, 0) is 161 Å². The van der Waals surface area contributed by atoms with Gasteiger partial charge in [0.15, 0.2) is 0 Å². The molecule has 4 rings (SSSR count). The van der Waals surface area contributed by atoms with Gasteiger partial charge in [-0.3, -0.25) is 24.8 Å². The average Bonchev–Trinajstić information content (AvgIpc) is 0.818. The molecule has 0 aliphatic carbocycles. The Labute approximate surface area is 733 Å². The Bertz CT molecular complexity index is 2430. The molecular formula is C105H200N12O. The van der Waals surface area contributed by atoms with Crippen LogP contribution >= 0.6 is 0 Å². The summed E-state index contributed by atoms with van der Waals surface area (Å²) in [6.07, 6.45) is 116. The van der Waals surface area contributed by atoms with Gasteiger partial charge in [0.1, 0.15) is 0 Å². The molecule has 118 heavy (non-hydrogen) atoms. The first-order chi connectivity index (χ1) is 58.2. The third kappa shape index (κ3) is 66.5. The van der Waals surface area contributed by atoms with E-state index in [0.29, 0.717) is 39.1 Å². The molecule has 1 unspecified atom stereocenters. The smallest absolute Gasteiger partial charge is 0.220 e. The number of aliphatic imine (C=N–C) groups is 4. The van der Waals surface area contributed by atoms with E-state index in [4.69, 9.17) is 32.2 Å². The molecule has 0 radical (unpaired) electrons. The van der Waals surface area contributed by atoms with Crippen LogP contribution in [-0.2, 0) is 4.79 Å². The minimum atomic E-state index is -0.162. The lowest BCUT2D eigenvalue weighted by molar-refractivity contribution is -0.121. The van der Waals surface area contributed by atoms with Gasteiger partial charge in [-0.1, -0.05) is 352 Å². The highest BCUT2D eigenvalue weighted by Crippen LogP contribution is 2.26. The fourth-order valence-corrected chi connectivity index (χ4v) is 16.4. The van der Waals surface area contributed by atoms with Crippen LogP contribution < -0.4 is 43.8 Å². The Balaban J connectivity index is 0.000000621. The molecule has 13 nitrogen and oxygen atoms in total. The van der Waals surface area contributed by atoms with Crippen molar-refractivity contribution in [2.24, 2.45) is 53.4 Å². The van der Waals surface area contributed by atoms with Crippen LogP contribution in [0, 0.1) is 16.2 Å². The maximum absolute atomic E-state index is 12.5. The lowest BCUT2D eigenvalue weighted by Crippen LogP contribution is -2.54. The lowest BCUT2D eigenvalue weighted by atomic mass is 9.85. The van der Waals surface area contributed by atoms with Gasteiger partial charge in [-0.25, -0.2) is 0 Å². The number of carbonyl (C=O) groups is 1. The number of allylic oxidation sites excluding steroid dienone is 10. The van der Waals surface area contributed by atoms with Crippen LogP contribution in [0.3, 0.4) is 0 Å². The van der Waals surface area contributed by atoms with Crippen molar-refractivity contribution in [3.63, 3.8) is 0 Å². The van der Waals surface area contributed by atoms with Crippen LogP contribution in [0.2, 0.25) is 0 Å². The standard InChI is InChI=1S/C41H78N4O.C41H76N4.C23H46N4/c1-3-5-7-9-11-13-15-17-19-21-23-25-27-29-31-33-39-43-36-41(35-42,37-44-39)38-45-40(46)34-32-30-28-26-24-22-20-18-16-14-12-10-8-6-4-2;1-3-5-7-9-11-13-15-17-19-21-23-25-27-29-31-33-39-42-35-41(36-43-39)37-44-40(45-38-41)34-32-30-28-26-24-22-20-18-16-14-12-10-8-6-4-2;1-2-3-4-5-6-7-8-9-10-11-12-13-14-15-16-17-22-26-20-23(18-24,19-25)21-27-22/h17-20H,3-16,21-38,42H2,1-2H3,(H,43,44)(H,45,46);17-20H,3-16,21-38H2,1-2H3,(H,42,43)(H,44,45);9-10H,2-8,11-21,24-25H2,1H3,(H,26,27)/b2*19-17-,20-18-;10-9-. The summed E-state index contributed by atoms with van der Waals surface area (Å²) in [6.45, 7) is 20.9. The van der Waals surface area contributed by atoms with Gasteiger partial charge in [0, 0.05) is 101 Å². The van der Waals surface area contributed by atoms with E-state index < -0.39 is 0 Å². The van der Waals surface area contributed by atoms with Gasteiger partial charge in [0.05, 0.1) is 49.5 Å². The first-order valence-electron chi connectivity index (χ1n) is 51.9. The van der Waals surface area contributed by atoms with E-state index in [1.165, 1.54) is 416 Å². The molecule has 1 atom stereocenters. The highest BCUT2D eigenvalue weighted by Gasteiger charge is 2.36. The Morgan fingerprint density at radius 1 is 0.271 bits per heavy atom. The molecule has 0 aromatic carbocycles. The fraction of sp³-hybridized carbons (Fsp3) is 0.857. The topological polar surface area (TPSA) is 205 Å². The van der Waals surface area contributed by atoms with Crippen LogP contribution in [0.25, 0.3) is 0 Å². The van der Waals surface area contributed by atoms with Gasteiger partial charge in [0.2, 0.25) is 5.91 Å². The number of nitrogens with zero attached hydrogens (tertiary/aromatic N) is 4. The predicted molar refractivity (Wildman–Crippen MR) is 526 cm³/mol. The summed E-state index contributed by atoms with van der Waals surface area (Å²) in [7, 11) is 0. The van der Waals surface area contributed by atoms with Crippen molar-refractivity contribution < 1.29 is 4.79 Å². The van der Waals surface area contributed by atoms with Crippen LogP contribution in [-0.4, -0.2) is 108 Å². The zero-order chi connectivity index (χ0) is 84.8. The molecule has 4 heterocycles. The van der Waals surface area contributed by atoms with Crippen molar-refractivity contribution in [2.45, 2.75) is 484 Å². The minimum absolute atomic E-state index is 0.0218. The molecule has 13 heteroatoms. The molecule has 1 amide bonds. The van der Waals surface area contributed by atoms with Crippen molar-refractivity contribution in [1.29, 1.82) is 0 Å². The number of unbranched alkanes of at least 4 members (excludes halogenated alkanes) is 55. The predicted octanol–water partition coefficient (Wildman–Crippen LogP) is 28.1. The third-order valence-electron chi connectivity index (χ3n) is 25.4. The first kappa shape index (κ1) is 110. The van der Waals surface area contributed by atoms with E-state index in [-0.39, 0.29) is 22.2 Å². The number of amidine groups is 4. The number of rotatable bonds is 80. The molecule has 0 aromatic heterocycles. The number of amides is 1. The Kier molecular flexibility index (Phi) is 78.1. The highest BCUT2D eigenvalue weighted by molar-refractivity contribution is 5.85. The van der Waals surface area contributed by atoms with E-state index >= 15 is 0 Å². The van der Waals surface area contributed by atoms with Crippen LogP contribution in [0.4, 0.5) is 0 Å². The van der Waals surface area contributed by atoms with Crippen LogP contribution in [0.1, 0.15) is 484 Å². The summed E-state index contributed by atoms with van der Waals surface area (Å²) >= 11 is 0. The second-order valence-electron chi connectivity index (χ2n) is 37.0. The monoisotopic (exact) mass is 1650 g/mol. The second-order valence-corrected chi connectivity index (χ2v) is 37.0. The summed E-state index contributed by atoms with van der Waals surface area (Å²) in [5, 5.41) is 17.5. The van der Waals surface area contributed by atoms with Crippen molar-refractivity contribution in [3.8, 4) is 0 Å². The molecule has 0 saturated carbocycles. The number of nitrogens with two attached hydrogens (primary N) is 3. The highest BCUT2D eigenvalue weighted by atomic mass is 16.1. The normalized spacial score (nSPS) is 16.5. The number of carbonyl (C=O) groups excluding carboxylic acids is 1. The molecule has 0 aromatic rings. The molecule has 4 aliphatic rings. The van der Waals surface area contributed by atoms with Crippen molar-refractivity contribution in [2.75, 3.05) is 78.5 Å². The number of hydrogen-bond donors (Lipinski definition) is 8. The Morgan fingerprint density at radius 2 is 0.475 bits per heavy atom. The number of nitrogens with one attached hydrogen (secondary N) is 5. The summed E-state index contributed by atoms with van der Waals surface area (Å²) in [5.41, 5.74) is 17.8. The molecule has 0 fully saturated rings. The molecule has 11 N–H and O–H groups in total. The zero-order valence-electron chi connectivity index (χ0n) is 79.2. The summed E-state index contributed by atoms with van der Waals surface area (Å²) in [6, 6.07) is 0. The van der Waals surface area contributed by atoms with Crippen molar-refractivity contribution in [3.05, 3.63) is 60.8 Å². The van der Waals surface area contributed by atoms with Gasteiger partial charge < -0.3 is 43.8 Å². The molecule has 686 valence electrons. The second kappa shape index (κ2) is 83.8. The molecule has 4 aliphatic heterocycles. The Morgan fingerprint density at radius 3 is 0.686 bits per heavy atom. The van der Waals surface area contributed by atoms with E-state index in [1.807, 2.05) is 0 Å². The fourth-order valence-electron chi connectivity index (χ4n) is 16.4. The van der Waals surface area contributed by atoms with E-state index in [9.17, 15) is 4.79 Å². The Hall–Kier alpha value is -4.07. The maximum Gasteiger partial charge on any atom is 0.220 e. The largest absolute Gasteiger partial charge is 0.373 e. The van der Waals surface area contributed by atoms with E-state index in [1.54, 1.807) is 0 Å². The molecule has 0 saturated heterocycles. The van der Waals surface area contributed by atoms with Crippen LogP contribution in [0.5, 0.6) is 0 Å². The average molecular weight is 1650 g/mol. The minimum Gasteiger partial charge on any atom is -0.373 e. The molecular weight excluding hydrogens is 1450 g/mol. The third-order valence-corrected chi connectivity index (χ3v) is 25.4. The summed E-state index contributed by atoms with van der Waals surface area (Å²) in [4.78, 5) is 31.9. The maximum atomic E-state index is 12.5. The van der Waals surface area contributed by atoms with Crippen molar-refractivity contribution >= 4 is 29.2 Å². The van der Waals surface area contributed by atoms with E-state index in [0.717, 1.165) is 96.0 Å². The quantitative estimate of drug-likeness (QED) is 0.0217. The SMILES string of the molecule is CCCCCCCC/C=C\CCCCCCCC(=O)NCC1(CN)CN=C(CCCCCCC/C=C\CCCCCCCC)NC1.CCCCCCCC/C=C\CCCCCCCC1=NCC(CN)(CN)CN1.CCCCCCCC/C=C\CCCCCCCC1=NCC2(CN=C(CCCCCCC/C=C\CCCCCCCC)NC2)CN1. The van der Waals surface area contributed by atoms with Crippen LogP contribution in [0.15, 0.2) is 80.7 Å². The lowest BCUT2D eigenvalue weighted by Gasteiger charge is -2.38. The first-order valence-corrected chi connectivity index (χ1v) is 51.9. The van der Waals surface area contributed by atoms with Crippen molar-refractivity contribution in [1.82, 2.24) is 26.6 Å². The van der Waals surface area contributed by atoms with E-state index in [2.05, 4.69) is 127 Å². The van der Waals surface area contributed by atoms with Gasteiger partial charge >= 0.3 is 0 Å². The number of hydrogen-bond acceptors (Lipinski definition) is 12. The van der Waals surface area contributed by atoms with Gasteiger partial charge in [-0.2, -0.15) is 0 Å². The van der Waals surface area contributed by atoms with Gasteiger partial charge in [-0.15, -0.1) is 0 Å². The van der Waals surface area contributed by atoms with Gasteiger partial charge in [0.25, 0.3) is 0 Å². The summed E-state index contributed by atoms with van der Waals surface area (Å²) < 4.78 is 0.